The van der Waals surface area contributed by atoms with Crippen molar-refractivity contribution in [2.75, 3.05) is 6.61 Å². The van der Waals surface area contributed by atoms with Crippen LogP contribution in [-0.4, -0.2) is 33.4 Å². The Morgan fingerprint density at radius 1 is 1.18 bits per heavy atom. The first-order valence-electron chi connectivity index (χ1n) is 8.84. The minimum absolute atomic E-state index is 0.0951. The topological polar surface area (TPSA) is 112 Å². The fourth-order valence-corrected chi connectivity index (χ4v) is 2.71. The van der Waals surface area contributed by atoms with E-state index in [9.17, 15) is 9.59 Å². The first-order chi connectivity index (χ1) is 13.5. The lowest BCUT2D eigenvalue weighted by Crippen LogP contribution is -2.27. The Bertz CT molecular complexity index is 982. The highest BCUT2D eigenvalue weighted by atomic mass is 16.5. The summed E-state index contributed by atoms with van der Waals surface area (Å²) in [5.41, 5.74) is 7.42. The molecule has 0 saturated heterocycles. The maximum atomic E-state index is 12.6. The molecule has 0 unspecified atom stereocenters. The normalized spacial score (nSPS) is 11.6. The number of rotatable bonds is 7. The van der Waals surface area contributed by atoms with Crippen molar-refractivity contribution >= 4 is 11.8 Å². The van der Waals surface area contributed by atoms with Crippen LogP contribution in [-0.2, 0) is 0 Å². The average Bonchev–Trinajstić information content (AvgIpc) is 3.19. The lowest BCUT2D eigenvalue weighted by atomic mass is 10.1. The van der Waals surface area contributed by atoms with E-state index >= 15 is 0 Å². The average molecular weight is 379 g/mol. The molecule has 2 amide bonds. The number of ether oxygens (including phenoxy) is 1. The van der Waals surface area contributed by atoms with E-state index in [1.54, 1.807) is 18.2 Å². The van der Waals surface area contributed by atoms with Crippen molar-refractivity contribution in [1.82, 2.24) is 20.3 Å². The fraction of sp³-hybridized carbons (Fsp3) is 0.200. The second-order valence-electron chi connectivity index (χ2n) is 6.13. The number of carbonyl (C=O) groups excluding carboxylic acids is 2. The number of nitrogens with zero attached hydrogens (tertiary/aromatic N) is 3. The van der Waals surface area contributed by atoms with Crippen molar-refractivity contribution in [2.45, 2.75) is 19.9 Å². The van der Waals surface area contributed by atoms with Gasteiger partial charge in [0.2, 0.25) is 0 Å². The molecule has 1 heterocycles. The Kier molecular flexibility index (Phi) is 5.69. The van der Waals surface area contributed by atoms with E-state index in [2.05, 4.69) is 15.6 Å². The quantitative estimate of drug-likeness (QED) is 0.654. The summed E-state index contributed by atoms with van der Waals surface area (Å²) in [5, 5.41) is 10.6. The Balaban J connectivity index is 1.71. The van der Waals surface area contributed by atoms with E-state index in [-0.39, 0.29) is 17.6 Å². The van der Waals surface area contributed by atoms with Gasteiger partial charge in [-0.3, -0.25) is 9.59 Å². The van der Waals surface area contributed by atoms with Crippen LogP contribution in [0.2, 0.25) is 0 Å². The lowest BCUT2D eigenvalue weighted by Gasteiger charge is -2.16. The number of para-hydroxylation sites is 1. The first kappa shape index (κ1) is 19.1. The van der Waals surface area contributed by atoms with Crippen LogP contribution >= 0.6 is 0 Å². The van der Waals surface area contributed by atoms with Crippen LogP contribution in [0.25, 0.3) is 5.69 Å². The van der Waals surface area contributed by atoms with Crippen molar-refractivity contribution in [3.8, 4) is 11.4 Å². The third-order valence-corrected chi connectivity index (χ3v) is 4.18. The van der Waals surface area contributed by atoms with Gasteiger partial charge >= 0.3 is 0 Å². The third kappa shape index (κ3) is 4.17. The van der Waals surface area contributed by atoms with E-state index in [0.29, 0.717) is 17.9 Å². The van der Waals surface area contributed by atoms with Gasteiger partial charge in [0, 0.05) is 0 Å². The first-order valence-corrected chi connectivity index (χ1v) is 8.84. The molecule has 2 aromatic carbocycles. The standard InChI is InChI=1S/C20H21N5O3/c1-3-28-18-7-5-4-6-16(18)20(27)22-13(2)14-8-10-15(11-9-14)25-12-17(19(21)26)23-24-25/h4-13H,3H2,1-2H3,(H2,21,26)(H,22,27)/t13-/m1/s1. The molecular formula is C20H21N5O3. The zero-order valence-corrected chi connectivity index (χ0v) is 15.6. The van der Waals surface area contributed by atoms with Crippen LogP contribution in [0.1, 0.15) is 46.3 Å². The van der Waals surface area contributed by atoms with Crippen LogP contribution in [0.3, 0.4) is 0 Å². The van der Waals surface area contributed by atoms with E-state index in [4.69, 9.17) is 10.5 Å². The largest absolute Gasteiger partial charge is 0.493 e. The van der Waals surface area contributed by atoms with Crippen LogP contribution < -0.4 is 15.8 Å². The maximum absolute atomic E-state index is 12.6. The van der Waals surface area contributed by atoms with E-state index in [1.165, 1.54) is 10.9 Å². The number of primary amides is 1. The minimum Gasteiger partial charge on any atom is -0.493 e. The number of nitrogens with one attached hydrogen (secondary N) is 1. The Morgan fingerprint density at radius 3 is 2.54 bits per heavy atom. The van der Waals surface area contributed by atoms with E-state index in [0.717, 1.165) is 11.3 Å². The number of aromatic nitrogens is 3. The smallest absolute Gasteiger partial charge is 0.270 e. The zero-order valence-electron chi connectivity index (χ0n) is 15.6. The fourth-order valence-electron chi connectivity index (χ4n) is 2.71. The Hall–Kier alpha value is -3.68. The summed E-state index contributed by atoms with van der Waals surface area (Å²) in [6.45, 7) is 4.26. The lowest BCUT2D eigenvalue weighted by molar-refractivity contribution is 0.0935. The van der Waals surface area contributed by atoms with Gasteiger partial charge in [0.15, 0.2) is 5.69 Å². The predicted octanol–water partition coefficient (Wildman–Crippen LogP) is 2.26. The molecule has 0 aliphatic carbocycles. The molecule has 0 aliphatic rings. The Labute approximate surface area is 162 Å². The molecule has 8 heteroatoms. The second kappa shape index (κ2) is 8.34. The van der Waals surface area contributed by atoms with Gasteiger partial charge in [-0.1, -0.05) is 29.5 Å². The van der Waals surface area contributed by atoms with Gasteiger partial charge in [0.05, 0.1) is 30.1 Å². The van der Waals surface area contributed by atoms with Gasteiger partial charge in [-0.15, -0.1) is 5.10 Å². The molecule has 0 radical (unpaired) electrons. The van der Waals surface area contributed by atoms with E-state index in [1.807, 2.05) is 44.2 Å². The van der Waals surface area contributed by atoms with Gasteiger partial charge in [-0.25, -0.2) is 4.68 Å². The molecule has 8 nitrogen and oxygen atoms in total. The summed E-state index contributed by atoms with van der Waals surface area (Å²) in [5.74, 6) is -0.281. The molecule has 1 aromatic heterocycles. The van der Waals surface area contributed by atoms with Gasteiger partial charge in [-0.2, -0.15) is 0 Å². The molecule has 144 valence electrons. The van der Waals surface area contributed by atoms with E-state index < -0.39 is 5.91 Å². The minimum atomic E-state index is -0.633. The summed E-state index contributed by atoms with van der Waals surface area (Å²) >= 11 is 0. The van der Waals surface area contributed by atoms with Crippen molar-refractivity contribution in [2.24, 2.45) is 5.73 Å². The molecule has 3 N–H and O–H groups in total. The van der Waals surface area contributed by atoms with Gasteiger partial charge < -0.3 is 15.8 Å². The monoisotopic (exact) mass is 379 g/mol. The van der Waals surface area contributed by atoms with Crippen LogP contribution in [0, 0.1) is 0 Å². The van der Waals surface area contributed by atoms with Crippen LogP contribution in [0.4, 0.5) is 0 Å². The molecule has 3 aromatic rings. The van der Waals surface area contributed by atoms with Crippen molar-refractivity contribution in [3.05, 3.63) is 71.5 Å². The number of carbonyl (C=O) groups is 2. The molecule has 0 spiro atoms. The summed E-state index contributed by atoms with van der Waals surface area (Å²) in [6, 6.07) is 14.3. The maximum Gasteiger partial charge on any atom is 0.270 e. The van der Waals surface area contributed by atoms with Crippen molar-refractivity contribution < 1.29 is 14.3 Å². The van der Waals surface area contributed by atoms with Crippen molar-refractivity contribution in [3.63, 3.8) is 0 Å². The number of amides is 2. The second-order valence-corrected chi connectivity index (χ2v) is 6.13. The SMILES string of the molecule is CCOc1ccccc1C(=O)N[C@H](C)c1ccc(-n2cc(C(N)=O)nn2)cc1. The molecule has 0 aliphatic heterocycles. The molecule has 0 saturated carbocycles. The highest BCUT2D eigenvalue weighted by Crippen LogP contribution is 2.20. The molecule has 0 fully saturated rings. The zero-order chi connectivity index (χ0) is 20.1. The molecule has 28 heavy (non-hydrogen) atoms. The molecule has 0 bridgehead atoms. The van der Waals surface area contributed by atoms with Gasteiger partial charge in [-0.05, 0) is 43.7 Å². The number of benzene rings is 2. The number of nitrogens with two attached hydrogens (primary N) is 1. The summed E-state index contributed by atoms with van der Waals surface area (Å²) in [7, 11) is 0. The summed E-state index contributed by atoms with van der Waals surface area (Å²) in [6.07, 6.45) is 1.47. The molecular weight excluding hydrogens is 358 g/mol. The highest BCUT2D eigenvalue weighted by Gasteiger charge is 2.15. The van der Waals surface area contributed by atoms with Crippen LogP contribution in [0.15, 0.2) is 54.7 Å². The predicted molar refractivity (Wildman–Crippen MR) is 103 cm³/mol. The number of hydrogen-bond acceptors (Lipinski definition) is 5. The summed E-state index contributed by atoms with van der Waals surface area (Å²) < 4.78 is 6.98. The third-order valence-electron chi connectivity index (χ3n) is 4.18. The Morgan fingerprint density at radius 2 is 1.89 bits per heavy atom. The summed E-state index contributed by atoms with van der Waals surface area (Å²) in [4.78, 5) is 23.8. The van der Waals surface area contributed by atoms with Gasteiger partial charge in [0.25, 0.3) is 11.8 Å². The number of hydrogen-bond donors (Lipinski definition) is 2. The molecule has 3 rings (SSSR count). The van der Waals surface area contributed by atoms with Crippen LogP contribution in [0.5, 0.6) is 5.75 Å². The molecule has 1 atom stereocenters. The highest BCUT2D eigenvalue weighted by molar-refractivity contribution is 5.97. The van der Waals surface area contributed by atoms with Crippen molar-refractivity contribution in [1.29, 1.82) is 0 Å². The van der Waals surface area contributed by atoms with Gasteiger partial charge in [0.1, 0.15) is 5.75 Å².